The van der Waals surface area contributed by atoms with Gasteiger partial charge in [-0.3, -0.25) is 0 Å². The highest BCUT2D eigenvalue weighted by atomic mass is 16.5. The zero-order valence-corrected chi connectivity index (χ0v) is 15.4. The second kappa shape index (κ2) is 14.5. The Morgan fingerprint density at radius 2 is 1.42 bits per heavy atom. The number of rotatable bonds is 6. The van der Waals surface area contributed by atoms with Crippen molar-refractivity contribution in [3.63, 3.8) is 0 Å². The molecular weight excluding hydrogens is 300 g/mol. The van der Waals surface area contributed by atoms with E-state index in [2.05, 4.69) is 0 Å². The summed E-state index contributed by atoms with van der Waals surface area (Å²) >= 11 is 0. The van der Waals surface area contributed by atoms with E-state index in [1.807, 2.05) is 76.2 Å². The molecule has 4 N–H and O–H groups in total. The SMILES string of the molecule is CC.Cc1cccc(OCCN)c1.Cc1ccccc1OCCN. The minimum atomic E-state index is 0.563. The van der Waals surface area contributed by atoms with Crippen molar-refractivity contribution in [2.75, 3.05) is 26.3 Å². The first kappa shape index (κ1) is 22.0. The van der Waals surface area contributed by atoms with Crippen LogP contribution in [0.4, 0.5) is 0 Å². The first-order valence-electron chi connectivity index (χ1n) is 8.45. The van der Waals surface area contributed by atoms with Crippen molar-refractivity contribution >= 4 is 0 Å². The number of ether oxygens (including phenoxy) is 2. The molecule has 0 fully saturated rings. The van der Waals surface area contributed by atoms with Crippen molar-refractivity contribution in [2.24, 2.45) is 11.5 Å². The van der Waals surface area contributed by atoms with Crippen LogP contribution in [0.5, 0.6) is 11.5 Å². The summed E-state index contributed by atoms with van der Waals surface area (Å²) in [4.78, 5) is 0. The standard InChI is InChI=1S/2C9H13NO.C2H6/c1-8-3-2-4-9(7-8)11-6-5-10;1-8-4-2-3-5-9(8)11-7-6-10;1-2/h2-4,7H,5-6,10H2,1H3;2-5H,6-7,10H2,1H3;1-2H3. The molecule has 0 unspecified atom stereocenters. The summed E-state index contributed by atoms with van der Waals surface area (Å²) in [6.45, 7) is 10.4. The van der Waals surface area contributed by atoms with Crippen molar-refractivity contribution in [2.45, 2.75) is 27.7 Å². The van der Waals surface area contributed by atoms with Gasteiger partial charge in [-0.05, 0) is 43.2 Å². The summed E-state index contributed by atoms with van der Waals surface area (Å²) < 4.78 is 10.7. The highest BCUT2D eigenvalue weighted by molar-refractivity contribution is 5.31. The lowest BCUT2D eigenvalue weighted by Crippen LogP contribution is -2.10. The van der Waals surface area contributed by atoms with Gasteiger partial charge in [-0.25, -0.2) is 0 Å². The molecule has 0 saturated heterocycles. The lowest BCUT2D eigenvalue weighted by molar-refractivity contribution is 0.326. The monoisotopic (exact) mass is 332 g/mol. The van der Waals surface area contributed by atoms with E-state index in [0.717, 1.165) is 17.1 Å². The van der Waals surface area contributed by atoms with Gasteiger partial charge in [-0.2, -0.15) is 0 Å². The molecule has 0 amide bonds. The first-order valence-corrected chi connectivity index (χ1v) is 8.45. The van der Waals surface area contributed by atoms with Crippen LogP contribution in [0, 0.1) is 13.8 Å². The summed E-state index contributed by atoms with van der Waals surface area (Å²) in [5.41, 5.74) is 13.0. The summed E-state index contributed by atoms with van der Waals surface area (Å²) in [7, 11) is 0. The Morgan fingerprint density at radius 1 is 0.792 bits per heavy atom. The van der Waals surface area contributed by atoms with Crippen LogP contribution < -0.4 is 20.9 Å². The number of nitrogens with two attached hydrogens (primary N) is 2. The maximum Gasteiger partial charge on any atom is 0.122 e. The zero-order valence-electron chi connectivity index (χ0n) is 15.4. The molecule has 2 rings (SSSR count). The Balaban J connectivity index is 0.000000400. The molecule has 0 aliphatic rings. The molecule has 0 bridgehead atoms. The van der Waals surface area contributed by atoms with E-state index in [0.29, 0.717) is 26.3 Å². The van der Waals surface area contributed by atoms with E-state index in [1.54, 1.807) is 0 Å². The van der Waals surface area contributed by atoms with Gasteiger partial charge in [0, 0.05) is 13.1 Å². The molecule has 0 aliphatic heterocycles. The summed E-state index contributed by atoms with van der Waals surface area (Å²) in [6.07, 6.45) is 0. The lowest BCUT2D eigenvalue weighted by Gasteiger charge is -2.06. The van der Waals surface area contributed by atoms with Gasteiger partial charge in [-0.15, -0.1) is 0 Å². The third-order valence-electron chi connectivity index (χ3n) is 2.85. The first-order chi connectivity index (χ1) is 11.7. The predicted molar refractivity (Wildman–Crippen MR) is 103 cm³/mol. The number of aryl methyl sites for hydroxylation is 2. The van der Waals surface area contributed by atoms with Crippen LogP contribution >= 0.6 is 0 Å². The Labute approximate surface area is 146 Å². The Hall–Kier alpha value is -2.04. The largest absolute Gasteiger partial charge is 0.492 e. The second-order valence-electron chi connectivity index (χ2n) is 4.86. The fraction of sp³-hybridized carbons (Fsp3) is 0.400. The summed E-state index contributed by atoms with van der Waals surface area (Å²) in [5.74, 6) is 1.83. The molecule has 0 aromatic heterocycles. The molecular formula is C20H32N2O2. The van der Waals surface area contributed by atoms with Crippen LogP contribution in [-0.4, -0.2) is 26.3 Å². The summed E-state index contributed by atoms with van der Waals surface area (Å²) in [6, 6.07) is 15.9. The quantitative estimate of drug-likeness (QED) is 0.846. The molecule has 2 aromatic carbocycles. The third-order valence-corrected chi connectivity index (χ3v) is 2.85. The molecule has 4 nitrogen and oxygen atoms in total. The zero-order chi connectivity index (χ0) is 18.2. The van der Waals surface area contributed by atoms with Crippen molar-refractivity contribution in [1.82, 2.24) is 0 Å². The van der Waals surface area contributed by atoms with Crippen molar-refractivity contribution < 1.29 is 9.47 Å². The van der Waals surface area contributed by atoms with E-state index in [-0.39, 0.29) is 0 Å². The predicted octanol–water partition coefficient (Wildman–Crippen LogP) is 3.69. The van der Waals surface area contributed by atoms with Gasteiger partial charge in [0.15, 0.2) is 0 Å². The fourth-order valence-corrected chi connectivity index (χ4v) is 1.77. The normalized spacial score (nSPS) is 9.08. The average Bonchev–Trinajstić information content (AvgIpc) is 2.62. The highest BCUT2D eigenvalue weighted by Gasteiger charge is 1.94. The maximum absolute atomic E-state index is 5.36. The maximum atomic E-state index is 5.36. The Morgan fingerprint density at radius 3 is 2.00 bits per heavy atom. The third kappa shape index (κ3) is 9.87. The molecule has 0 saturated carbocycles. The number of hydrogen-bond donors (Lipinski definition) is 2. The van der Waals surface area contributed by atoms with Gasteiger partial charge in [0.2, 0.25) is 0 Å². The molecule has 4 heteroatoms. The molecule has 24 heavy (non-hydrogen) atoms. The topological polar surface area (TPSA) is 70.5 Å². The van der Waals surface area contributed by atoms with E-state index in [1.165, 1.54) is 5.56 Å². The van der Waals surface area contributed by atoms with Crippen LogP contribution in [0.25, 0.3) is 0 Å². The van der Waals surface area contributed by atoms with Gasteiger partial charge in [0.05, 0.1) is 0 Å². The van der Waals surface area contributed by atoms with Crippen molar-refractivity contribution in [1.29, 1.82) is 0 Å². The molecule has 0 aliphatic carbocycles. The number of benzene rings is 2. The van der Waals surface area contributed by atoms with Crippen LogP contribution in [0.3, 0.4) is 0 Å². The summed E-state index contributed by atoms with van der Waals surface area (Å²) in [5, 5.41) is 0. The van der Waals surface area contributed by atoms with Gasteiger partial charge in [0.1, 0.15) is 24.7 Å². The van der Waals surface area contributed by atoms with Crippen molar-refractivity contribution in [3.8, 4) is 11.5 Å². The van der Waals surface area contributed by atoms with Gasteiger partial charge in [-0.1, -0.05) is 44.2 Å². The number of para-hydroxylation sites is 1. The molecule has 0 radical (unpaired) electrons. The molecule has 2 aromatic rings. The molecule has 134 valence electrons. The van der Waals surface area contributed by atoms with Crippen molar-refractivity contribution in [3.05, 3.63) is 59.7 Å². The van der Waals surface area contributed by atoms with E-state index in [4.69, 9.17) is 20.9 Å². The fourth-order valence-electron chi connectivity index (χ4n) is 1.77. The van der Waals surface area contributed by atoms with Crippen LogP contribution in [0.1, 0.15) is 25.0 Å². The average molecular weight is 332 g/mol. The van der Waals surface area contributed by atoms with E-state index >= 15 is 0 Å². The highest BCUT2D eigenvalue weighted by Crippen LogP contribution is 2.15. The van der Waals surface area contributed by atoms with Gasteiger partial charge in [0.25, 0.3) is 0 Å². The molecule has 0 heterocycles. The molecule has 0 atom stereocenters. The van der Waals surface area contributed by atoms with Crippen LogP contribution in [0.2, 0.25) is 0 Å². The second-order valence-corrected chi connectivity index (χ2v) is 4.86. The Bertz CT molecular complexity index is 545. The van der Waals surface area contributed by atoms with E-state index in [9.17, 15) is 0 Å². The van der Waals surface area contributed by atoms with Crippen LogP contribution in [-0.2, 0) is 0 Å². The minimum absolute atomic E-state index is 0.563. The molecule has 0 spiro atoms. The smallest absolute Gasteiger partial charge is 0.122 e. The minimum Gasteiger partial charge on any atom is -0.492 e. The number of hydrogen-bond acceptors (Lipinski definition) is 4. The van der Waals surface area contributed by atoms with Gasteiger partial charge < -0.3 is 20.9 Å². The lowest BCUT2D eigenvalue weighted by atomic mass is 10.2. The Kier molecular flexibility index (Phi) is 13.3. The van der Waals surface area contributed by atoms with Gasteiger partial charge >= 0.3 is 0 Å². The van der Waals surface area contributed by atoms with Crippen LogP contribution in [0.15, 0.2) is 48.5 Å². The van der Waals surface area contributed by atoms with E-state index < -0.39 is 0 Å².